The summed E-state index contributed by atoms with van der Waals surface area (Å²) >= 11 is 3.91. The Morgan fingerprint density at radius 1 is 1.20 bits per heavy atom. The molecule has 3 fully saturated rings. The third-order valence-corrected chi connectivity index (χ3v) is 8.44. The number of carboxylic acid groups (broad SMARTS) is 2. The van der Waals surface area contributed by atoms with Gasteiger partial charge >= 0.3 is 11.9 Å². The van der Waals surface area contributed by atoms with Gasteiger partial charge in [-0.2, -0.15) is 0 Å². The van der Waals surface area contributed by atoms with Gasteiger partial charge in [0.25, 0.3) is 5.91 Å². The quantitative estimate of drug-likeness (QED) is 0.264. The maximum absolute atomic E-state index is 12.4. The summed E-state index contributed by atoms with van der Waals surface area (Å²) in [6.45, 7) is 3.47. The number of nitrogens with one attached hydrogen (secondary N) is 1. The topological polar surface area (TPSA) is 124 Å². The SMILES string of the molecule is CC1(C)SC2C(NC(=O)C(C(=O)O)=C3SCCS3)C(=O)N2C1C(=O)O. The zero-order valence-corrected chi connectivity index (χ0v) is 15.8. The first-order chi connectivity index (χ1) is 11.6. The van der Waals surface area contributed by atoms with Crippen LogP contribution in [0.25, 0.3) is 0 Å². The van der Waals surface area contributed by atoms with Gasteiger partial charge < -0.3 is 20.4 Å². The van der Waals surface area contributed by atoms with Crippen molar-refractivity contribution >= 4 is 59.0 Å². The molecule has 0 aromatic rings. The van der Waals surface area contributed by atoms with Crippen molar-refractivity contribution in [3.63, 3.8) is 0 Å². The van der Waals surface area contributed by atoms with Crippen molar-refractivity contribution in [2.75, 3.05) is 11.5 Å². The standard InChI is InChI=1S/C14H16N2O6S3/c1-14(2)7(12(21)22)16-9(18)6(10(16)25-14)15-8(17)5(11(19)20)13-23-3-4-24-13/h6-7,10H,3-4H2,1-2H3,(H,15,17)(H,19,20)(H,21,22). The minimum Gasteiger partial charge on any atom is -0.480 e. The Morgan fingerprint density at radius 3 is 2.32 bits per heavy atom. The third kappa shape index (κ3) is 3.02. The molecule has 3 atom stereocenters. The van der Waals surface area contributed by atoms with Crippen molar-refractivity contribution in [1.29, 1.82) is 0 Å². The lowest BCUT2D eigenvalue weighted by Gasteiger charge is -2.43. The van der Waals surface area contributed by atoms with E-state index in [1.54, 1.807) is 13.8 Å². The molecule has 3 heterocycles. The van der Waals surface area contributed by atoms with E-state index in [1.807, 2.05) is 0 Å². The van der Waals surface area contributed by atoms with Crippen molar-refractivity contribution in [3.8, 4) is 0 Å². The fraction of sp³-hybridized carbons (Fsp3) is 0.571. The van der Waals surface area contributed by atoms with E-state index in [4.69, 9.17) is 0 Å². The number of hydrogen-bond acceptors (Lipinski definition) is 7. The van der Waals surface area contributed by atoms with Gasteiger partial charge in [0.15, 0.2) is 0 Å². The summed E-state index contributed by atoms with van der Waals surface area (Å²) in [4.78, 5) is 48.9. The van der Waals surface area contributed by atoms with Crippen LogP contribution < -0.4 is 5.32 Å². The van der Waals surface area contributed by atoms with Crippen LogP contribution >= 0.6 is 35.3 Å². The molecular weight excluding hydrogens is 388 g/mol. The average Bonchev–Trinajstić information content (AvgIpc) is 3.09. The molecule has 3 N–H and O–H groups in total. The van der Waals surface area contributed by atoms with E-state index < -0.39 is 46.0 Å². The number of aliphatic carboxylic acids is 2. The van der Waals surface area contributed by atoms with E-state index in [1.165, 1.54) is 40.2 Å². The van der Waals surface area contributed by atoms with Crippen LogP contribution in [0.1, 0.15) is 13.8 Å². The largest absolute Gasteiger partial charge is 0.480 e. The number of thioether (sulfide) groups is 3. The second-order valence-corrected chi connectivity index (χ2v) is 10.5. The molecule has 0 saturated carbocycles. The Labute approximate surface area is 156 Å². The summed E-state index contributed by atoms with van der Waals surface area (Å²) in [6.07, 6.45) is 0. The molecule has 0 radical (unpaired) electrons. The molecule has 3 aliphatic rings. The van der Waals surface area contributed by atoms with Crippen molar-refractivity contribution in [3.05, 3.63) is 9.81 Å². The minimum absolute atomic E-state index is 0.351. The van der Waals surface area contributed by atoms with E-state index in [0.717, 1.165) is 11.5 Å². The van der Waals surface area contributed by atoms with Crippen molar-refractivity contribution in [1.82, 2.24) is 10.2 Å². The summed E-state index contributed by atoms with van der Waals surface area (Å²) < 4.78 is -0.256. The Bertz CT molecular complexity index is 699. The van der Waals surface area contributed by atoms with E-state index in [2.05, 4.69) is 5.32 Å². The molecule has 3 rings (SSSR count). The van der Waals surface area contributed by atoms with E-state index in [9.17, 15) is 29.4 Å². The Hall–Kier alpha value is -1.33. The third-order valence-electron chi connectivity index (χ3n) is 4.16. The predicted octanol–water partition coefficient (Wildman–Crippen LogP) is 0.394. The number of amides is 2. The molecule has 136 valence electrons. The monoisotopic (exact) mass is 404 g/mol. The van der Waals surface area contributed by atoms with Crippen LogP contribution in [0.4, 0.5) is 0 Å². The maximum Gasteiger partial charge on any atom is 0.343 e. The van der Waals surface area contributed by atoms with E-state index >= 15 is 0 Å². The number of carboxylic acids is 2. The fourth-order valence-corrected chi connectivity index (χ4v) is 7.24. The van der Waals surface area contributed by atoms with Crippen LogP contribution in [0.5, 0.6) is 0 Å². The van der Waals surface area contributed by atoms with Crippen molar-refractivity contribution in [2.24, 2.45) is 0 Å². The highest BCUT2D eigenvalue weighted by Crippen LogP contribution is 2.50. The van der Waals surface area contributed by atoms with Gasteiger partial charge in [-0.1, -0.05) is 0 Å². The van der Waals surface area contributed by atoms with Crippen LogP contribution in [0.3, 0.4) is 0 Å². The Balaban J connectivity index is 1.78. The number of hydrogen-bond donors (Lipinski definition) is 3. The van der Waals surface area contributed by atoms with Gasteiger partial charge in [0, 0.05) is 16.3 Å². The van der Waals surface area contributed by atoms with E-state index in [-0.39, 0.29) is 5.57 Å². The molecule has 11 heteroatoms. The van der Waals surface area contributed by atoms with Crippen molar-refractivity contribution in [2.45, 2.75) is 36.1 Å². The molecule has 25 heavy (non-hydrogen) atoms. The zero-order valence-electron chi connectivity index (χ0n) is 13.3. The fourth-order valence-electron chi connectivity index (χ4n) is 3.09. The lowest BCUT2D eigenvalue weighted by atomic mass is 9.96. The first-order valence-corrected chi connectivity index (χ1v) is 10.3. The molecule has 0 aromatic heterocycles. The first-order valence-electron chi connectivity index (χ1n) is 7.42. The van der Waals surface area contributed by atoms with Gasteiger partial charge in [-0.05, 0) is 13.8 Å². The zero-order chi connectivity index (χ0) is 18.5. The molecule has 3 saturated heterocycles. The van der Waals surface area contributed by atoms with Gasteiger partial charge in [0.05, 0.1) is 4.24 Å². The molecule has 3 aliphatic heterocycles. The molecule has 3 unspecified atom stereocenters. The van der Waals surface area contributed by atoms with Gasteiger partial charge in [0.1, 0.15) is 23.0 Å². The van der Waals surface area contributed by atoms with Gasteiger partial charge in [-0.15, -0.1) is 35.3 Å². The number of carbonyl (C=O) groups excluding carboxylic acids is 2. The number of carbonyl (C=O) groups is 4. The summed E-state index contributed by atoms with van der Waals surface area (Å²) in [5.74, 6) is -2.27. The number of fused-ring (bicyclic) bond motifs is 1. The predicted molar refractivity (Wildman–Crippen MR) is 95.2 cm³/mol. The number of nitrogens with zero attached hydrogens (tertiary/aromatic N) is 1. The van der Waals surface area contributed by atoms with Crippen LogP contribution in [-0.2, 0) is 19.2 Å². The second kappa shape index (κ2) is 6.44. The molecule has 2 amide bonds. The molecule has 0 aromatic carbocycles. The Kier molecular flexibility index (Phi) is 4.75. The Morgan fingerprint density at radius 2 is 1.80 bits per heavy atom. The minimum atomic E-state index is -1.33. The highest BCUT2D eigenvalue weighted by Gasteiger charge is 2.64. The second-order valence-electron chi connectivity index (χ2n) is 6.21. The van der Waals surface area contributed by atoms with Crippen LogP contribution in [-0.4, -0.2) is 72.6 Å². The number of rotatable bonds is 4. The lowest BCUT2D eigenvalue weighted by Crippen LogP contribution is -2.70. The average molecular weight is 404 g/mol. The smallest absolute Gasteiger partial charge is 0.343 e. The molecule has 0 aliphatic carbocycles. The van der Waals surface area contributed by atoms with Crippen molar-refractivity contribution < 1.29 is 29.4 Å². The maximum atomic E-state index is 12.4. The highest BCUT2D eigenvalue weighted by molar-refractivity contribution is 8.25. The highest BCUT2D eigenvalue weighted by atomic mass is 32.2. The summed E-state index contributed by atoms with van der Waals surface area (Å²) in [7, 11) is 0. The lowest BCUT2D eigenvalue weighted by molar-refractivity contribution is -0.161. The van der Waals surface area contributed by atoms with E-state index in [0.29, 0.717) is 4.24 Å². The number of β-lactam (4-membered cyclic amide) rings is 1. The molecule has 0 spiro atoms. The molecule has 0 bridgehead atoms. The first kappa shape index (κ1) is 18.5. The molecular formula is C14H16N2O6S3. The summed E-state index contributed by atoms with van der Waals surface area (Å²) in [5, 5.41) is 20.7. The van der Waals surface area contributed by atoms with Crippen LogP contribution in [0, 0.1) is 0 Å². The molecule has 8 nitrogen and oxygen atoms in total. The summed E-state index contributed by atoms with van der Waals surface area (Å²) in [5.41, 5.74) is -0.351. The van der Waals surface area contributed by atoms with Crippen LogP contribution in [0.15, 0.2) is 9.81 Å². The van der Waals surface area contributed by atoms with Gasteiger partial charge in [0.2, 0.25) is 5.91 Å². The van der Waals surface area contributed by atoms with Gasteiger partial charge in [-0.3, -0.25) is 9.59 Å². The van der Waals surface area contributed by atoms with Gasteiger partial charge in [-0.25, -0.2) is 9.59 Å². The van der Waals surface area contributed by atoms with Crippen LogP contribution in [0.2, 0.25) is 0 Å². The normalized spacial score (nSPS) is 29.8. The summed E-state index contributed by atoms with van der Waals surface area (Å²) in [6, 6.07) is -1.88.